The van der Waals surface area contributed by atoms with E-state index < -0.39 is 11.9 Å². The van der Waals surface area contributed by atoms with Gasteiger partial charge in [0.25, 0.3) is 0 Å². The molecular weight excluding hydrogens is 195 g/mol. The molecule has 2 nitrogen and oxygen atoms in total. The monoisotopic (exact) mass is 202 g/mol. The van der Waals surface area contributed by atoms with Gasteiger partial charge in [0.1, 0.15) is 11.6 Å². The molecule has 0 radical (unpaired) electrons. The lowest BCUT2D eigenvalue weighted by Gasteiger charge is -2.22. The van der Waals surface area contributed by atoms with Gasteiger partial charge in [-0.1, -0.05) is 11.6 Å². The molecule has 1 atom stereocenters. The van der Waals surface area contributed by atoms with Crippen molar-refractivity contribution >= 4 is 11.6 Å². The highest BCUT2D eigenvalue weighted by Gasteiger charge is 2.21. The van der Waals surface area contributed by atoms with Crippen LogP contribution in [0.3, 0.4) is 0 Å². The zero-order valence-corrected chi connectivity index (χ0v) is 7.51. The zero-order chi connectivity index (χ0) is 9.42. The van der Waals surface area contributed by atoms with E-state index in [1.54, 1.807) is 0 Å². The van der Waals surface area contributed by atoms with Crippen LogP contribution in [-0.2, 0) is 0 Å². The minimum atomic E-state index is -0.596. The maximum atomic E-state index is 12.9. The molecule has 1 aliphatic heterocycles. The Morgan fingerprint density at radius 1 is 1.54 bits per heavy atom. The van der Waals surface area contributed by atoms with Gasteiger partial charge in [-0.15, -0.1) is 0 Å². The third-order valence-electron chi connectivity index (χ3n) is 2.06. The molecular formula is C9H8ClFO2. The second-order valence-corrected chi connectivity index (χ2v) is 3.36. The Bertz CT molecular complexity index is 341. The van der Waals surface area contributed by atoms with Crippen molar-refractivity contribution in [3.05, 3.63) is 28.5 Å². The van der Waals surface area contributed by atoms with Crippen LogP contribution in [-0.4, -0.2) is 11.7 Å². The number of fused-ring (bicyclic) bond motifs is 1. The smallest absolute Gasteiger partial charge is 0.145 e. The number of halogens is 2. The van der Waals surface area contributed by atoms with Gasteiger partial charge < -0.3 is 9.84 Å². The Morgan fingerprint density at radius 3 is 3.08 bits per heavy atom. The Balaban J connectivity index is 2.52. The van der Waals surface area contributed by atoms with Crippen LogP contribution in [0.2, 0.25) is 5.02 Å². The summed E-state index contributed by atoms with van der Waals surface area (Å²) in [5.41, 5.74) is 0.567. The van der Waals surface area contributed by atoms with Crippen molar-refractivity contribution in [2.75, 3.05) is 6.61 Å². The van der Waals surface area contributed by atoms with Gasteiger partial charge in [-0.05, 0) is 6.07 Å². The Labute approximate surface area is 79.9 Å². The molecule has 0 bridgehead atoms. The van der Waals surface area contributed by atoms with Crippen molar-refractivity contribution in [3.8, 4) is 5.75 Å². The lowest BCUT2D eigenvalue weighted by molar-refractivity contribution is 0.115. The molecule has 4 heteroatoms. The van der Waals surface area contributed by atoms with E-state index in [1.165, 1.54) is 12.1 Å². The van der Waals surface area contributed by atoms with Gasteiger partial charge >= 0.3 is 0 Å². The largest absolute Gasteiger partial charge is 0.493 e. The molecule has 0 saturated heterocycles. The van der Waals surface area contributed by atoms with Crippen LogP contribution in [0.5, 0.6) is 5.75 Å². The molecule has 1 heterocycles. The van der Waals surface area contributed by atoms with E-state index in [-0.39, 0.29) is 5.02 Å². The van der Waals surface area contributed by atoms with Gasteiger partial charge in [-0.3, -0.25) is 0 Å². The first kappa shape index (κ1) is 8.78. The van der Waals surface area contributed by atoms with Gasteiger partial charge in [0.2, 0.25) is 0 Å². The molecule has 2 rings (SSSR count). The van der Waals surface area contributed by atoms with E-state index >= 15 is 0 Å². The van der Waals surface area contributed by atoms with Crippen LogP contribution in [0.25, 0.3) is 0 Å². The highest BCUT2D eigenvalue weighted by molar-refractivity contribution is 6.30. The second kappa shape index (κ2) is 3.16. The van der Waals surface area contributed by atoms with E-state index in [1.807, 2.05) is 0 Å². The Morgan fingerprint density at radius 2 is 2.31 bits per heavy atom. The fraction of sp³-hybridized carbons (Fsp3) is 0.333. The van der Waals surface area contributed by atoms with Crippen LogP contribution in [0.4, 0.5) is 4.39 Å². The first-order chi connectivity index (χ1) is 6.18. The van der Waals surface area contributed by atoms with Gasteiger partial charge in [0.05, 0.1) is 17.7 Å². The first-order valence-corrected chi connectivity index (χ1v) is 4.36. The standard InChI is InChI=1S/C9H8ClFO2/c10-6-3-5-8(12)1-2-13-9(5)4-7(6)11/h3-4,8,12H,1-2H2/t8-/m1/s1. The molecule has 0 fully saturated rings. The molecule has 1 N–H and O–H groups in total. The molecule has 0 aromatic heterocycles. The maximum Gasteiger partial charge on any atom is 0.145 e. The molecule has 0 aliphatic carbocycles. The third kappa shape index (κ3) is 1.49. The molecule has 1 aliphatic rings. The van der Waals surface area contributed by atoms with E-state index in [0.29, 0.717) is 24.3 Å². The summed E-state index contributed by atoms with van der Waals surface area (Å²) in [5.74, 6) is -0.129. The normalized spacial score (nSPS) is 20.7. The number of rotatable bonds is 0. The van der Waals surface area contributed by atoms with Gasteiger partial charge in [0.15, 0.2) is 0 Å². The topological polar surface area (TPSA) is 29.5 Å². The number of aliphatic hydroxyl groups is 1. The number of ether oxygens (including phenoxy) is 1. The van der Waals surface area contributed by atoms with Crippen molar-refractivity contribution < 1.29 is 14.2 Å². The predicted octanol–water partition coefficient (Wildman–Crippen LogP) is 2.29. The number of benzene rings is 1. The van der Waals surface area contributed by atoms with Crippen molar-refractivity contribution in [1.82, 2.24) is 0 Å². The fourth-order valence-corrected chi connectivity index (χ4v) is 1.54. The third-order valence-corrected chi connectivity index (χ3v) is 2.35. The molecule has 0 spiro atoms. The van der Waals surface area contributed by atoms with Crippen LogP contribution < -0.4 is 4.74 Å². The minimum Gasteiger partial charge on any atom is -0.493 e. The summed E-state index contributed by atoms with van der Waals surface area (Å²) >= 11 is 5.57. The van der Waals surface area contributed by atoms with Crippen molar-refractivity contribution in [3.63, 3.8) is 0 Å². The SMILES string of the molecule is O[C@@H]1CCOc2cc(F)c(Cl)cc21. The lowest BCUT2D eigenvalue weighted by Crippen LogP contribution is -2.13. The highest BCUT2D eigenvalue weighted by atomic mass is 35.5. The van der Waals surface area contributed by atoms with Gasteiger partial charge in [-0.2, -0.15) is 0 Å². The summed E-state index contributed by atoms with van der Waals surface area (Å²) in [6, 6.07) is 2.62. The molecule has 0 unspecified atom stereocenters. The fourth-order valence-electron chi connectivity index (χ4n) is 1.37. The summed E-state index contributed by atoms with van der Waals surface area (Å²) in [5, 5.41) is 9.53. The van der Waals surface area contributed by atoms with E-state index in [9.17, 15) is 9.50 Å². The Kier molecular flexibility index (Phi) is 2.14. The second-order valence-electron chi connectivity index (χ2n) is 2.96. The molecule has 1 aromatic carbocycles. The number of hydrogen-bond acceptors (Lipinski definition) is 2. The average molecular weight is 203 g/mol. The first-order valence-electron chi connectivity index (χ1n) is 3.98. The molecule has 13 heavy (non-hydrogen) atoms. The predicted molar refractivity (Wildman–Crippen MR) is 46.5 cm³/mol. The number of hydrogen-bond donors (Lipinski definition) is 1. The molecule has 1 aromatic rings. The zero-order valence-electron chi connectivity index (χ0n) is 6.76. The van der Waals surface area contributed by atoms with Gasteiger partial charge in [-0.25, -0.2) is 4.39 Å². The van der Waals surface area contributed by atoms with Crippen molar-refractivity contribution in [2.24, 2.45) is 0 Å². The van der Waals surface area contributed by atoms with Crippen LogP contribution in [0.15, 0.2) is 12.1 Å². The summed E-state index contributed by atoms with van der Waals surface area (Å²) in [4.78, 5) is 0. The van der Waals surface area contributed by atoms with Gasteiger partial charge in [0, 0.05) is 18.1 Å². The summed E-state index contributed by atoms with van der Waals surface area (Å²) in [7, 11) is 0. The van der Waals surface area contributed by atoms with Crippen LogP contribution in [0.1, 0.15) is 18.1 Å². The van der Waals surface area contributed by atoms with E-state index in [0.717, 1.165) is 0 Å². The number of aliphatic hydroxyl groups excluding tert-OH is 1. The minimum absolute atomic E-state index is 0.0169. The molecule has 0 amide bonds. The summed E-state index contributed by atoms with van der Waals surface area (Å²) < 4.78 is 18.1. The summed E-state index contributed by atoms with van der Waals surface area (Å²) in [6.07, 6.45) is -0.0727. The average Bonchev–Trinajstić information content (AvgIpc) is 2.09. The highest BCUT2D eigenvalue weighted by Crippen LogP contribution is 2.35. The molecule has 70 valence electrons. The Hall–Kier alpha value is -0.800. The van der Waals surface area contributed by atoms with E-state index in [4.69, 9.17) is 16.3 Å². The lowest BCUT2D eigenvalue weighted by atomic mass is 10.0. The quantitative estimate of drug-likeness (QED) is 0.700. The van der Waals surface area contributed by atoms with Crippen molar-refractivity contribution in [1.29, 1.82) is 0 Å². The molecule has 0 saturated carbocycles. The van der Waals surface area contributed by atoms with E-state index in [2.05, 4.69) is 0 Å². The maximum absolute atomic E-state index is 12.9. The van der Waals surface area contributed by atoms with Crippen LogP contribution in [0, 0.1) is 5.82 Å². The van der Waals surface area contributed by atoms with Crippen molar-refractivity contribution in [2.45, 2.75) is 12.5 Å². The summed E-state index contributed by atoms with van der Waals surface area (Å²) in [6.45, 7) is 0.412. The van der Waals surface area contributed by atoms with Crippen LogP contribution >= 0.6 is 11.6 Å².